The Hall–Kier alpha value is -3.77. The Balaban J connectivity index is 1.00. The van der Waals surface area contributed by atoms with E-state index >= 15 is 0 Å². The number of aryl methyl sites for hydroxylation is 1. The lowest BCUT2D eigenvalue weighted by atomic mass is 9.80. The number of fused-ring (bicyclic) bond motifs is 1. The maximum atomic E-state index is 6.21. The molecule has 2 aromatic heterocycles. The number of pyridine rings is 2. The molecule has 0 unspecified atom stereocenters. The van der Waals surface area contributed by atoms with Gasteiger partial charge in [0.1, 0.15) is 23.9 Å². The van der Waals surface area contributed by atoms with E-state index in [1.54, 1.807) is 13.3 Å². The average Bonchev–Trinajstić information content (AvgIpc) is 3.28. The molecule has 0 amide bonds. The molecular formula is C36H38BBrN4O4S. The zero-order valence-corrected chi connectivity index (χ0v) is 29.8. The van der Waals surface area contributed by atoms with Gasteiger partial charge in [-0.3, -0.25) is 0 Å². The summed E-state index contributed by atoms with van der Waals surface area (Å²) in [6, 6.07) is 26.7. The smallest absolute Gasteiger partial charge is 0.489 e. The summed E-state index contributed by atoms with van der Waals surface area (Å²) in [6.45, 7) is 11.4. The lowest BCUT2D eigenvalue weighted by Crippen LogP contribution is -2.41. The van der Waals surface area contributed by atoms with Crippen LogP contribution in [0.25, 0.3) is 10.9 Å². The molecule has 0 atom stereocenters. The van der Waals surface area contributed by atoms with Crippen molar-refractivity contribution in [1.82, 2.24) is 9.97 Å². The first kappa shape index (κ1) is 33.1. The molecule has 0 saturated carbocycles. The van der Waals surface area contributed by atoms with Gasteiger partial charge in [0.05, 0.1) is 28.3 Å². The van der Waals surface area contributed by atoms with Crippen molar-refractivity contribution in [3.63, 3.8) is 0 Å². The fraction of sp³-hybridized carbons (Fsp3) is 0.278. The molecule has 0 spiro atoms. The standard InChI is InChI=1S/C36H38BBrN4O4S/c1-23-7-16-31-26(17-23)18-30(38)33(41-31)39-20-24-8-12-28(13-9-24)44-22-25-10-14-29(15-11-25)47-42-32-19-27(21-40-34(32)43-6)37-45-35(2,3)36(4,5)46-37/h7-19,21,42H,20,22H2,1-6H3,(H,39,41). The largest absolute Gasteiger partial charge is 0.496 e. The first-order valence-electron chi connectivity index (χ1n) is 15.4. The number of nitrogens with one attached hydrogen (secondary N) is 2. The lowest BCUT2D eigenvalue weighted by Gasteiger charge is -2.32. The average molecular weight is 714 g/mol. The minimum Gasteiger partial charge on any atom is -0.489 e. The topological polar surface area (TPSA) is 86.8 Å². The van der Waals surface area contributed by atoms with E-state index in [0.29, 0.717) is 19.0 Å². The maximum absolute atomic E-state index is 6.21. The fourth-order valence-corrected chi connectivity index (χ4v) is 6.15. The molecule has 3 aromatic carbocycles. The van der Waals surface area contributed by atoms with Gasteiger partial charge in [-0.2, -0.15) is 0 Å². The molecule has 242 valence electrons. The Bertz CT molecular complexity index is 1860. The molecule has 1 aliphatic rings. The van der Waals surface area contributed by atoms with Gasteiger partial charge < -0.3 is 28.8 Å². The number of aromatic nitrogens is 2. The van der Waals surface area contributed by atoms with E-state index in [9.17, 15) is 0 Å². The van der Waals surface area contributed by atoms with Crippen LogP contribution in [0.4, 0.5) is 11.5 Å². The summed E-state index contributed by atoms with van der Waals surface area (Å²) in [5.41, 5.74) is 5.11. The number of hydrogen-bond donors (Lipinski definition) is 2. The van der Waals surface area contributed by atoms with Gasteiger partial charge in [-0.15, -0.1) is 0 Å². The van der Waals surface area contributed by atoms with Crippen LogP contribution in [0, 0.1) is 6.92 Å². The summed E-state index contributed by atoms with van der Waals surface area (Å²) in [5.74, 6) is 2.14. The molecule has 11 heteroatoms. The minimum atomic E-state index is -0.504. The van der Waals surface area contributed by atoms with Crippen molar-refractivity contribution < 1.29 is 18.8 Å². The SMILES string of the molecule is COc1ncc(B2OC(C)(C)C(C)(C)O2)cc1NSc1ccc(COc2ccc(CNc3nc4ccc(C)cc4cc3Br)cc2)cc1. The number of nitrogens with zero attached hydrogens (tertiary/aromatic N) is 2. The van der Waals surface area contributed by atoms with E-state index in [1.807, 2.05) is 45.9 Å². The van der Waals surface area contributed by atoms with Gasteiger partial charge in [0, 0.05) is 28.5 Å². The van der Waals surface area contributed by atoms with E-state index in [-0.39, 0.29) is 0 Å². The third-order valence-electron chi connectivity index (χ3n) is 8.51. The van der Waals surface area contributed by atoms with Gasteiger partial charge >= 0.3 is 7.12 Å². The van der Waals surface area contributed by atoms with E-state index in [1.165, 1.54) is 17.5 Å². The molecule has 2 N–H and O–H groups in total. The van der Waals surface area contributed by atoms with Crippen LogP contribution in [0.3, 0.4) is 0 Å². The number of rotatable bonds is 11. The van der Waals surface area contributed by atoms with Gasteiger partial charge in [-0.1, -0.05) is 35.9 Å². The van der Waals surface area contributed by atoms with Gasteiger partial charge in [0.2, 0.25) is 5.88 Å². The number of hydrogen-bond acceptors (Lipinski definition) is 9. The summed E-state index contributed by atoms with van der Waals surface area (Å²) >= 11 is 5.13. The van der Waals surface area contributed by atoms with Crippen LogP contribution < -0.4 is 25.0 Å². The zero-order valence-electron chi connectivity index (χ0n) is 27.4. The molecule has 0 aliphatic carbocycles. The predicted octanol–water partition coefficient (Wildman–Crippen LogP) is 8.32. The van der Waals surface area contributed by atoms with Crippen molar-refractivity contribution >= 4 is 62.9 Å². The van der Waals surface area contributed by atoms with E-state index < -0.39 is 18.3 Å². The molecule has 47 heavy (non-hydrogen) atoms. The molecule has 3 heterocycles. The minimum absolute atomic E-state index is 0.430. The maximum Gasteiger partial charge on any atom is 0.496 e. The zero-order chi connectivity index (χ0) is 33.2. The van der Waals surface area contributed by atoms with E-state index in [4.69, 9.17) is 23.8 Å². The third-order valence-corrected chi connectivity index (χ3v) is 9.94. The van der Waals surface area contributed by atoms with Crippen LogP contribution >= 0.6 is 27.9 Å². The second-order valence-electron chi connectivity index (χ2n) is 12.6. The predicted molar refractivity (Wildman–Crippen MR) is 195 cm³/mol. The number of benzene rings is 3. The Morgan fingerprint density at radius 3 is 2.30 bits per heavy atom. The van der Waals surface area contributed by atoms with Crippen molar-refractivity contribution in [3.8, 4) is 11.6 Å². The monoisotopic (exact) mass is 712 g/mol. The molecule has 8 nitrogen and oxygen atoms in total. The van der Waals surface area contributed by atoms with Crippen LogP contribution in [0.15, 0.2) is 94.4 Å². The molecule has 1 fully saturated rings. The molecule has 5 aromatic rings. The van der Waals surface area contributed by atoms with E-state index in [2.05, 4.69) is 98.5 Å². The Morgan fingerprint density at radius 1 is 0.894 bits per heavy atom. The van der Waals surface area contributed by atoms with Crippen molar-refractivity contribution in [1.29, 1.82) is 0 Å². The molecule has 6 rings (SSSR count). The molecule has 0 bridgehead atoms. The van der Waals surface area contributed by atoms with Gasteiger partial charge in [0.25, 0.3) is 0 Å². The number of halogens is 1. The fourth-order valence-electron chi connectivity index (χ4n) is 5.03. The van der Waals surface area contributed by atoms with Crippen LogP contribution in [0.5, 0.6) is 11.6 Å². The Kier molecular flexibility index (Phi) is 9.71. The first-order valence-corrected chi connectivity index (χ1v) is 17.0. The van der Waals surface area contributed by atoms with Crippen LogP contribution in [-0.2, 0) is 22.5 Å². The Morgan fingerprint density at radius 2 is 1.60 bits per heavy atom. The van der Waals surface area contributed by atoms with E-state index in [0.717, 1.165) is 54.1 Å². The Labute approximate surface area is 289 Å². The molecule has 0 radical (unpaired) electrons. The number of ether oxygens (including phenoxy) is 2. The summed E-state index contributed by atoms with van der Waals surface area (Å²) < 4.78 is 28.3. The van der Waals surface area contributed by atoms with Crippen LogP contribution in [0.1, 0.15) is 44.4 Å². The molecule has 1 aliphatic heterocycles. The summed E-state index contributed by atoms with van der Waals surface area (Å²) in [6.07, 6.45) is 1.74. The second kappa shape index (κ2) is 13.8. The number of anilines is 2. The van der Waals surface area contributed by atoms with Gasteiger partial charge in [-0.25, -0.2) is 9.97 Å². The first-order chi connectivity index (χ1) is 22.5. The van der Waals surface area contributed by atoms with Gasteiger partial charge in [-0.05, 0) is 122 Å². The number of methoxy groups -OCH3 is 1. The van der Waals surface area contributed by atoms with Crippen LogP contribution in [0.2, 0.25) is 0 Å². The highest BCUT2D eigenvalue weighted by Crippen LogP contribution is 2.37. The van der Waals surface area contributed by atoms with Gasteiger partial charge in [0.15, 0.2) is 0 Å². The highest BCUT2D eigenvalue weighted by molar-refractivity contribution is 9.10. The highest BCUT2D eigenvalue weighted by atomic mass is 79.9. The van der Waals surface area contributed by atoms with Crippen molar-refractivity contribution in [3.05, 3.63) is 106 Å². The quantitative estimate of drug-likeness (QED) is 0.104. The second-order valence-corrected chi connectivity index (χ2v) is 14.3. The highest BCUT2D eigenvalue weighted by Gasteiger charge is 2.52. The summed E-state index contributed by atoms with van der Waals surface area (Å²) in [4.78, 5) is 10.3. The summed E-state index contributed by atoms with van der Waals surface area (Å²) in [7, 11) is 1.10. The normalized spacial score (nSPS) is 15.1. The molecule has 1 saturated heterocycles. The van der Waals surface area contributed by atoms with Crippen molar-refractivity contribution in [2.75, 3.05) is 17.1 Å². The summed E-state index contributed by atoms with van der Waals surface area (Å²) in [5, 5.41) is 4.56. The van der Waals surface area contributed by atoms with Crippen molar-refractivity contribution in [2.24, 2.45) is 0 Å². The molecular weight excluding hydrogens is 675 g/mol. The van der Waals surface area contributed by atoms with Crippen LogP contribution in [-0.4, -0.2) is 35.4 Å². The third kappa shape index (κ3) is 7.70. The lowest BCUT2D eigenvalue weighted by molar-refractivity contribution is 0.00578. The van der Waals surface area contributed by atoms with Crippen molar-refractivity contribution in [2.45, 2.75) is 63.9 Å².